The highest BCUT2D eigenvalue weighted by Gasteiger charge is 2.57. The first-order valence-electron chi connectivity index (χ1n) is 8.27. The van der Waals surface area contributed by atoms with Crippen LogP contribution in [-0.4, -0.2) is 23.5 Å². The number of allylic oxidation sites excluding steroid dienone is 1. The molecule has 2 aromatic carbocycles. The van der Waals surface area contributed by atoms with Crippen LogP contribution in [0.15, 0.2) is 66.2 Å². The number of Topliss-reactive ketones (excluding diaryl/α,β-unsaturated/α-hetero) is 1. The van der Waals surface area contributed by atoms with Gasteiger partial charge >= 0.3 is 5.97 Å². The molecule has 0 radical (unpaired) electrons. The van der Waals surface area contributed by atoms with Crippen LogP contribution in [-0.2, 0) is 19.9 Å². The normalized spacial score (nSPS) is 23.0. The summed E-state index contributed by atoms with van der Waals surface area (Å²) in [6, 6.07) is 18.0. The fourth-order valence-electron chi connectivity index (χ4n) is 3.51. The van der Waals surface area contributed by atoms with Gasteiger partial charge in [0.25, 0.3) is 0 Å². The maximum absolute atomic E-state index is 12.9. The Hall–Kier alpha value is -2.72. The number of aliphatic hydroxyl groups is 1. The predicted molar refractivity (Wildman–Crippen MR) is 94.5 cm³/mol. The third kappa shape index (κ3) is 2.68. The Morgan fingerprint density at radius 3 is 2.20 bits per heavy atom. The van der Waals surface area contributed by atoms with Gasteiger partial charge in [0.05, 0.1) is 6.61 Å². The van der Waals surface area contributed by atoms with Crippen LogP contribution in [0.25, 0.3) is 5.57 Å². The number of benzene rings is 2. The Bertz CT molecular complexity index is 823. The molecule has 2 aromatic rings. The fourth-order valence-corrected chi connectivity index (χ4v) is 3.51. The molecule has 4 heteroatoms. The van der Waals surface area contributed by atoms with Crippen LogP contribution in [0.4, 0.5) is 0 Å². The van der Waals surface area contributed by atoms with E-state index in [0.717, 1.165) is 0 Å². The quantitative estimate of drug-likeness (QED) is 0.688. The second-order valence-corrected chi connectivity index (χ2v) is 6.05. The van der Waals surface area contributed by atoms with Crippen LogP contribution < -0.4 is 0 Å². The van der Waals surface area contributed by atoms with Gasteiger partial charge in [-0.3, -0.25) is 9.59 Å². The molecular formula is C21H20O4. The highest BCUT2D eigenvalue weighted by Crippen LogP contribution is 2.50. The van der Waals surface area contributed by atoms with Gasteiger partial charge in [0.1, 0.15) is 5.60 Å². The highest BCUT2D eigenvalue weighted by molar-refractivity contribution is 6.19. The van der Waals surface area contributed by atoms with Gasteiger partial charge in [-0.25, -0.2) is 0 Å². The molecule has 1 aliphatic rings. The summed E-state index contributed by atoms with van der Waals surface area (Å²) in [6.07, 6.45) is 0. The molecule has 128 valence electrons. The van der Waals surface area contributed by atoms with Crippen molar-refractivity contribution >= 4 is 17.3 Å². The first kappa shape index (κ1) is 17.1. The predicted octanol–water partition coefficient (Wildman–Crippen LogP) is 3.11. The number of ether oxygens (including phenoxy) is 1. The van der Waals surface area contributed by atoms with E-state index in [4.69, 9.17) is 4.74 Å². The Labute approximate surface area is 146 Å². The van der Waals surface area contributed by atoms with E-state index in [9.17, 15) is 14.7 Å². The molecule has 2 atom stereocenters. The van der Waals surface area contributed by atoms with E-state index in [1.807, 2.05) is 36.4 Å². The SMILES string of the molecule is CCOC(=O)[C@H]1C(=O)C(C)=C(c2ccccc2)[C@]1(O)c1ccccc1. The second-order valence-electron chi connectivity index (χ2n) is 6.05. The van der Waals surface area contributed by atoms with Gasteiger partial charge in [-0.2, -0.15) is 0 Å². The summed E-state index contributed by atoms with van der Waals surface area (Å²) in [5.74, 6) is -2.40. The molecule has 0 aromatic heterocycles. The number of hydrogen-bond donors (Lipinski definition) is 1. The standard InChI is InChI=1S/C21H20O4/c1-3-25-20(23)18-19(22)14(2)17(15-10-6-4-7-11-15)21(18,24)16-12-8-5-9-13-16/h4-13,18,24H,3H2,1-2H3/t18-,21-/m1/s1. The highest BCUT2D eigenvalue weighted by atomic mass is 16.5. The van der Waals surface area contributed by atoms with Crippen LogP contribution in [0.3, 0.4) is 0 Å². The Morgan fingerprint density at radius 1 is 1.08 bits per heavy atom. The van der Waals surface area contributed by atoms with Gasteiger partial charge in [-0.1, -0.05) is 60.7 Å². The number of esters is 1. The summed E-state index contributed by atoms with van der Waals surface area (Å²) in [4.78, 5) is 25.4. The lowest BCUT2D eigenvalue weighted by Gasteiger charge is -2.31. The first-order chi connectivity index (χ1) is 12.0. The summed E-state index contributed by atoms with van der Waals surface area (Å²) < 4.78 is 5.10. The number of ketones is 1. The zero-order valence-corrected chi connectivity index (χ0v) is 14.2. The van der Waals surface area contributed by atoms with E-state index in [1.165, 1.54) is 0 Å². The van der Waals surface area contributed by atoms with Crippen molar-refractivity contribution in [1.29, 1.82) is 0 Å². The molecule has 3 rings (SSSR count). The van der Waals surface area contributed by atoms with Crippen LogP contribution >= 0.6 is 0 Å². The van der Waals surface area contributed by atoms with Crippen molar-refractivity contribution in [2.75, 3.05) is 6.61 Å². The van der Waals surface area contributed by atoms with E-state index < -0.39 is 23.3 Å². The summed E-state index contributed by atoms with van der Waals surface area (Å²) in [6.45, 7) is 3.47. The molecule has 0 aliphatic heterocycles. The molecule has 1 N–H and O–H groups in total. The molecule has 0 saturated carbocycles. The van der Waals surface area contributed by atoms with Gasteiger partial charge in [0, 0.05) is 11.1 Å². The molecule has 0 spiro atoms. The van der Waals surface area contributed by atoms with Gasteiger partial charge in [-0.15, -0.1) is 0 Å². The summed E-state index contributed by atoms with van der Waals surface area (Å²) in [7, 11) is 0. The molecule has 0 amide bonds. The largest absolute Gasteiger partial charge is 0.465 e. The van der Waals surface area contributed by atoms with Gasteiger partial charge in [0.15, 0.2) is 11.7 Å². The van der Waals surface area contributed by atoms with E-state index in [0.29, 0.717) is 22.3 Å². The zero-order valence-electron chi connectivity index (χ0n) is 14.2. The molecule has 1 aliphatic carbocycles. The fraction of sp³-hybridized carbons (Fsp3) is 0.238. The first-order valence-corrected chi connectivity index (χ1v) is 8.27. The maximum atomic E-state index is 12.9. The van der Waals surface area contributed by atoms with Crippen molar-refractivity contribution in [3.8, 4) is 0 Å². The van der Waals surface area contributed by atoms with Crippen molar-refractivity contribution in [2.24, 2.45) is 5.92 Å². The van der Waals surface area contributed by atoms with Gasteiger partial charge < -0.3 is 9.84 Å². The Morgan fingerprint density at radius 2 is 1.64 bits per heavy atom. The zero-order chi connectivity index (χ0) is 18.0. The average molecular weight is 336 g/mol. The van der Waals surface area contributed by atoms with Crippen molar-refractivity contribution in [2.45, 2.75) is 19.4 Å². The summed E-state index contributed by atoms with van der Waals surface area (Å²) >= 11 is 0. The molecule has 0 heterocycles. The smallest absolute Gasteiger partial charge is 0.320 e. The van der Waals surface area contributed by atoms with Crippen molar-refractivity contribution in [3.63, 3.8) is 0 Å². The third-order valence-corrected chi connectivity index (χ3v) is 4.60. The van der Waals surface area contributed by atoms with Crippen LogP contribution in [0.5, 0.6) is 0 Å². The van der Waals surface area contributed by atoms with Gasteiger partial charge in [0.2, 0.25) is 0 Å². The van der Waals surface area contributed by atoms with Crippen LogP contribution in [0, 0.1) is 5.92 Å². The molecule has 0 unspecified atom stereocenters. The van der Waals surface area contributed by atoms with E-state index in [2.05, 4.69) is 0 Å². The monoisotopic (exact) mass is 336 g/mol. The minimum atomic E-state index is -1.75. The van der Waals surface area contributed by atoms with Crippen LogP contribution in [0.2, 0.25) is 0 Å². The Kier molecular flexibility index (Phi) is 4.55. The lowest BCUT2D eigenvalue weighted by Crippen LogP contribution is -2.41. The lowest BCUT2D eigenvalue weighted by atomic mass is 9.77. The molecule has 0 bridgehead atoms. The van der Waals surface area contributed by atoms with E-state index >= 15 is 0 Å². The molecule has 0 saturated heterocycles. The molecule has 25 heavy (non-hydrogen) atoms. The number of carbonyl (C=O) groups excluding carboxylic acids is 2. The topological polar surface area (TPSA) is 63.6 Å². The van der Waals surface area contributed by atoms with Crippen molar-refractivity contribution < 1.29 is 19.4 Å². The molecule has 4 nitrogen and oxygen atoms in total. The van der Waals surface area contributed by atoms with Crippen LogP contribution in [0.1, 0.15) is 25.0 Å². The lowest BCUT2D eigenvalue weighted by molar-refractivity contribution is -0.157. The maximum Gasteiger partial charge on any atom is 0.320 e. The summed E-state index contributed by atoms with van der Waals surface area (Å²) in [5.41, 5.74) is 0.303. The van der Waals surface area contributed by atoms with Gasteiger partial charge in [-0.05, 0) is 25.0 Å². The number of carbonyl (C=O) groups is 2. The Balaban J connectivity index is 2.25. The third-order valence-electron chi connectivity index (χ3n) is 4.60. The van der Waals surface area contributed by atoms with E-state index in [-0.39, 0.29) is 6.61 Å². The van der Waals surface area contributed by atoms with E-state index in [1.54, 1.807) is 38.1 Å². The van der Waals surface area contributed by atoms with Crippen molar-refractivity contribution in [3.05, 3.63) is 77.4 Å². The minimum Gasteiger partial charge on any atom is -0.465 e. The van der Waals surface area contributed by atoms with Crippen molar-refractivity contribution in [1.82, 2.24) is 0 Å². The number of rotatable bonds is 4. The molecular weight excluding hydrogens is 316 g/mol. The minimum absolute atomic E-state index is 0.146. The second kappa shape index (κ2) is 6.65. The number of hydrogen-bond acceptors (Lipinski definition) is 4. The summed E-state index contributed by atoms with van der Waals surface area (Å²) in [5, 5.41) is 11.7. The molecule has 0 fully saturated rings. The average Bonchev–Trinajstić information content (AvgIpc) is 2.84.